The Hall–Kier alpha value is -2.15. The number of amides is 1. The predicted molar refractivity (Wildman–Crippen MR) is 85.4 cm³/mol. The number of ether oxygens (including phenoxy) is 1. The van der Waals surface area contributed by atoms with E-state index >= 15 is 0 Å². The highest BCUT2D eigenvalue weighted by atomic mass is 32.1. The van der Waals surface area contributed by atoms with Gasteiger partial charge in [-0.1, -0.05) is 0 Å². The van der Waals surface area contributed by atoms with Gasteiger partial charge in [-0.25, -0.2) is 9.97 Å². The summed E-state index contributed by atoms with van der Waals surface area (Å²) in [6.07, 6.45) is 4.60. The molecule has 1 amide bonds. The van der Waals surface area contributed by atoms with Gasteiger partial charge >= 0.3 is 0 Å². The fourth-order valence-corrected chi connectivity index (χ4v) is 3.28. The third-order valence-electron chi connectivity index (χ3n) is 3.64. The van der Waals surface area contributed by atoms with Crippen LogP contribution in [0.25, 0.3) is 0 Å². The van der Waals surface area contributed by atoms with Crippen LogP contribution in [-0.2, 0) is 11.2 Å². The number of aromatic nitrogens is 2. The minimum atomic E-state index is 0.0661. The highest BCUT2D eigenvalue weighted by molar-refractivity contribution is 7.07. The lowest BCUT2D eigenvalue weighted by Gasteiger charge is -2.19. The summed E-state index contributed by atoms with van der Waals surface area (Å²) < 4.78 is 5.24. The smallest absolute Gasteiger partial charge is 0.257 e. The van der Waals surface area contributed by atoms with E-state index in [-0.39, 0.29) is 11.9 Å². The molecule has 0 spiro atoms. The van der Waals surface area contributed by atoms with Gasteiger partial charge in [0.15, 0.2) is 5.82 Å². The van der Waals surface area contributed by atoms with Crippen LogP contribution in [0.15, 0.2) is 29.2 Å². The van der Waals surface area contributed by atoms with Crippen molar-refractivity contribution in [1.29, 1.82) is 0 Å². The molecular formula is C15H18N4O2S. The van der Waals surface area contributed by atoms with E-state index < -0.39 is 0 Å². The Morgan fingerprint density at radius 2 is 2.36 bits per heavy atom. The molecule has 1 aliphatic heterocycles. The number of hydrogen-bond acceptors (Lipinski definition) is 6. The van der Waals surface area contributed by atoms with Crippen molar-refractivity contribution in [3.05, 3.63) is 34.8 Å². The molecule has 2 aromatic heterocycles. The molecule has 0 unspecified atom stereocenters. The molecule has 6 nitrogen and oxygen atoms in total. The largest absolute Gasteiger partial charge is 0.478 e. The van der Waals surface area contributed by atoms with Gasteiger partial charge in [0, 0.05) is 31.5 Å². The third kappa shape index (κ3) is 3.36. The monoisotopic (exact) mass is 318 g/mol. The maximum Gasteiger partial charge on any atom is 0.257 e. The van der Waals surface area contributed by atoms with Crippen molar-refractivity contribution in [2.45, 2.75) is 18.9 Å². The molecule has 2 aromatic rings. The summed E-state index contributed by atoms with van der Waals surface area (Å²) in [4.78, 5) is 22.7. The molecule has 1 N–H and O–H groups in total. The molecule has 116 valence electrons. The number of carbonyl (C=O) groups is 1. The molecule has 1 aliphatic rings. The van der Waals surface area contributed by atoms with Crippen molar-refractivity contribution in [1.82, 2.24) is 15.3 Å². The molecule has 7 heteroatoms. The Kier molecular flexibility index (Phi) is 4.53. The van der Waals surface area contributed by atoms with Crippen LogP contribution in [0.5, 0.6) is 5.88 Å². The summed E-state index contributed by atoms with van der Waals surface area (Å²) in [6, 6.07) is 2.12. The van der Waals surface area contributed by atoms with E-state index in [1.807, 2.05) is 16.8 Å². The second-order valence-corrected chi connectivity index (χ2v) is 5.98. The third-order valence-corrected chi connectivity index (χ3v) is 4.37. The van der Waals surface area contributed by atoms with Gasteiger partial charge < -0.3 is 15.0 Å². The van der Waals surface area contributed by atoms with Gasteiger partial charge in [-0.3, -0.25) is 4.79 Å². The predicted octanol–water partition coefficient (Wildman–Crippen LogP) is 1.48. The molecule has 0 saturated carbocycles. The van der Waals surface area contributed by atoms with Gasteiger partial charge in [-0.2, -0.15) is 11.3 Å². The van der Waals surface area contributed by atoms with Gasteiger partial charge in [0.2, 0.25) is 5.91 Å². The van der Waals surface area contributed by atoms with Gasteiger partial charge in [0.25, 0.3) is 5.88 Å². The molecular weight excluding hydrogens is 300 g/mol. The standard InChI is InChI=1S/C15H18N4O2S/c1-21-15-14(16-4-5-17-15)19-6-2-12(9-19)18-13(20)8-11-3-7-22-10-11/h3-5,7,10,12H,2,6,8-9H2,1H3,(H,18,20)/t12-/m1/s1. The molecule has 0 radical (unpaired) electrons. The van der Waals surface area contributed by atoms with Crippen LogP contribution in [0, 0.1) is 0 Å². The van der Waals surface area contributed by atoms with Crippen LogP contribution in [0.1, 0.15) is 12.0 Å². The summed E-state index contributed by atoms with van der Waals surface area (Å²) in [6.45, 7) is 1.56. The minimum Gasteiger partial charge on any atom is -0.478 e. The maximum atomic E-state index is 12.1. The van der Waals surface area contributed by atoms with Crippen LogP contribution >= 0.6 is 11.3 Å². The average Bonchev–Trinajstić information content (AvgIpc) is 3.19. The van der Waals surface area contributed by atoms with E-state index in [2.05, 4.69) is 20.2 Å². The SMILES string of the molecule is COc1nccnc1N1CC[C@@H](NC(=O)Cc2ccsc2)C1. The van der Waals surface area contributed by atoms with E-state index in [0.29, 0.717) is 12.3 Å². The maximum absolute atomic E-state index is 12.1. The van der Waals surface area contributed by atoms with Gasteiger partial charge in [-0.15, -0.1) is 0 Å². The second-order valence-electron chi connectivity index (χ2n) is 5.20. The Morgan fingerprint density at radius 3 is 3.14 bits per heavy atom. The first-order chi connectivity index (χ1) is 10.8. The van der Waals surface area contributed by atoms with Crippen LogP contribution in [0.3, 0.4) is 0 Å². The summed E-state index contributed by atoms with van der Waals surface area (Å²) in [5.74, 6) is 1.32. The molecule has 0 bridgehead atoms. The van der Waals surface area contributed by atoms with E-state index in [1.165, 1.54) is 0 Å². The van der Waals surface area contributed by atoms with Crippen molar-refractivity contribution < 1.29 is 9.53 Å². The Labute approximate surface area is 133 Å². The first kappa shape index (κ1) is 14.8. The van der Waals surface area contributed by atoms with Crippen molar-refractivity contribution in [2.75, 3.05) is 25.1 Å². The second kappa shape index (κ2) is 6.74. The zero-order chi connectivity index (χ0) is 15.4. The number of hydrogen-bond donors (Lipinski definition) is 1. The Balaban J connectivity index is 1.57. The number of methoxy groups -OCH3 is 1. The van der Waals surface area contributed by atoms with Crippen molar-refractivity contribution >= 4 is 23.1 Å². The normalized spacial score (nSPS) is 17.5. The summed E-state index contributed by atoms with van der Waals surface area (Å²) in [5, 5.41) is 7.08. The van der Waals surface area contributed by atoms with E-state index in [1.54, 1.807) is 30.8 Å². The number of nitrogens with one attached hydrogen (secondary N) is 1. The summed E-state index contributed by atoms with van der Waals surface area (Å²) in [5.41, 5.74) is 1.06. The van der Waals surface area contributed by atoms with Gasteiger partial charge in [0.1, 0.15) is 0 Å². The quantitative estimate of drug-likeness (QED) is 0.904. The first-order valence-corrected chi connectivity index (χ1v) is 8.11. The fraction of sp³-hybridized carbons (Fsp3) is 0.400. The molecule has 1 atom stereocenters. The minimum absolute atomic E-state index is 0.0661. The highest BCUT2D eigenvalue weighted by Gasteiger charge is 2.27. The highest BCUT2D eigenvalue weighted by Crippen LogP contribution is 2.25. The molecule has 0 aliphatic carbocycles. The Morgan fingerprint density at radius 1 is 1.50 bits per heavy atom. The van der Waals surface area contributed by atoms with E-state index in [0.717, 1.165) is 30.9 Å². The molecule has 1 fully saturated rings. The molecule has 3 heterocycles. The van der Waals surface area contributed by atoms with Gasteiger partial charge in [-0.05, 0) is 28.8 Å². The topological polar surface area (TPSA) is 67.4 Å². The first-order valence-electron chi connectivity index (χ1n) is 7.16. The fourth-order valence-electron chi connectivity index (χ4n) is 2.61. The average molecular weight is 318 g/mol. The number of thiophene rings is 1. The van der Waals surface area contributed by atoms with Crippen LogP contribution in [-0.4, -0.2) is 42.1 Å². The van der Waals surface area contributed by atoms with Crippen LogP contribution in [0.4, 0.5) is 5.82 Å². The summed E-state index contributed by atoms with van der Waals surface area (Å²) >= 11 is 1.61. The van der Waals surface area contributed by atoms with Crippen LogP contribution in [0.2, 0.25) is 0 Å². The zero-order valence-corrected chi connectivity index (χ0v) is 13.2. The summed E-state index contributed by atoms with van der Waals surface area (Å²) in [7, 11) is 1.59. The number of anilines is 1. The van der Waals surface area contributed by atoms with E-state index in [4.69, 9.17) is 4.74 Å². The van der Waals surface area contributed by atoms with Gasteiger partial charge in [0.05, 0.1) is 13.5 Å². The lowest BCUT2D eigenvalue weighted by molar-refractivity contribution is -0.121. The van der Waals surface area contributed by atoms with E-state index in [9.17, 15) is 4.79 Å². The molecule has 3 rings (SSSR count). The lowest BCUT2D eigenvalue weighted by atomic mass is 10.2. The van der Waals surface area contributed by atoms with Crippen molar-refractivity contribution in [2.24, 2.45) is 0 Å². The molecule has 22 heavy (non-hydrogen) atoms. The number of nitrogens with zero attached hydrogens (tertiary/aromatic N) is 3. The Bertz CT molecular complexity index is 632. The lowest BCUT2D eigenvalue weighted by Crippen LogP contribution is -2.38. The van der Waals surface area contributed by atoms with Crippen molar-refractivity contribution in [3.63, 3.8) is 0 Å². The van der Waals surface area contributed by atoms with Crippen molar-refractivity contribution in [3.8, 4) is 5.88 Å². The molecule has 1 saturated heterocycles. The number of carbonyl (C=O) groups excluding carboxylic acids is 1. The number of rotatable bonds is 5. The van der Waals surface area contributed by atoms with Crippen LogP contribution < -0.4 is 15.0 Å². The molecule has 0 aromatic carbocycles. The zero-order valence-electron chi connectivity index (χ0n) is 12.4.